The third kappa shape index (κ3) is 2.33. The van der Waals surface area contributed by atoms with E-state index in [9.17, 15) is 18.0 Å². The van der Waals surface area contributed by atoms with Crippen molar-refractivity contribution in [2.45, 2.75) is 0 Å². The van der Waals surface area contributed by atoms with E-state index < -0.39 is 34.4 Å². The zero-order chi connectivity index (χ0) is 14.0. The van der Waals surface area contributed by atoms with E-state index in [0.717, 1.165) is 24.3 Å². The number of ketones is 1. The van der Waals surface area contributed by atoms with Gasteiger partial charge in [-0.05, 0) is 24.3 Å². The molecule has 0 unspecified atom stereocenters. The Kier molecular flexibility index (Phi) is 3.34. The molecule has 0 aromatic heterocycles. The number of hydrogen-bond donors (Lipinski definition) is 0. The molecular formula is C14H6F3NO. The molecule has 0 radical (unpaired) electrons. The van der Waals surface area contributed by atoms with Gasteiger partial charge in [0.2, 0.25) is 0 Å². The van der Waals surface area contributed by atoms with Gasteiger partial charge in [-0.15, -0.1) is 0 Å². The maximum Gasteiger partial charge on any atom is 0.199 e. The lowest BCUT2D eigenvalue weighted by Crippen LogP contribution is -2.09. The van der Waals surface area contributed by atoms with Crippen molar-refractivity contribution in [2.24, 2.45) is 0 Å². The van der Waals surface area contributed by atoms with Gasteiger partial charge < -0.3 is 0 Å². The lowest BCUT2D eigenvalue weighted by Gasteiger charge is -2.05. The number of rotatable bonds is 2. The number of nitriles is 1. The highest BCUT2D eigenvalue weighted by molar-refractivity contribution is 6.09. The molecule has 2 rings (SSSR count). The van der Waals surface area contributed by atoms with Crippen LogP contribution in [0.5, 0.6) is 0 Å². The van der Waals surface area contributed by atoms with E-state index in [0.29, 0.717) is 0 Å². The summed E-state index contributed by atoms with van der Waals surface area (Å²) in [5, 5.41) is 8.65. The van der Waals surface area contributed by atoms with Crippen molar-refractivity contribution < 1.29 is 18.0 Å². The molecule has 0 aliphatic carbocycles. The monoisotopic (exact) mass is 261 g/mol. The first-order valence-electron chi connectivity index (χ1n) is 5.23. The maximum absolute atomic E-state index is 13.8. The highest BCUT2D eigenvalue weighted by Crippen LogP contribution is 2.20. The van der Waals surface area contributed by atoms with Crippen molar-refractivity contribution >= 4 is 5.78 Å². The minimum absolute atomic E-state index is 0.187. The number of benzene rings is 2. The summed E-state index contributed by atoms with van der Waals surface area (Å²) in [6.07, 6.45) is 0. The SMILES string of the molecule is N#Cc1ccc(F)c(C(=O)c2cccc(F)c2)c1F. The van der Waals surface area contributed by atoms with E-state index >= 15 is 0 Å². The van der Waals surface area contributed by atoms with Gasteiger partial charge >= 0.3 is 0 Å². The number of carbonyl (C=O) groups is 1. The van der Waals surface area contributed by atoms with Crippen LogP contribution in [0.25, 0.3) is 0 Å². The number of carbonyl (C=O) groups excluding carboxylic acids is 1. The highest BCUT2D eigenvalue weighted by atomic mass is 19.1. The normalized spacial score (nSPS) is 10.0. The third-order valence-corrected chi connectivity index (χ3v) is 2.53. The summed E-state index contributed by atoms with van der Waals surface area (Å²) in [5.74, 6) is -4.03. The van der Waals surface area contributed by atoms with E-state index in [1.54, 1.807) is 0 Å². The van der Waals surface area contributed by atoms with Crippen LogP contribution in [0.2, 0.25) is 0 Å². The summed E-state index contributed by atoms with van der Waals surface area (Å²) in [4.78, 5) is 12.0. The topological polar surface area (TPSA) is 40.9 Å². The Labute approximate surface area is 106 Å². The summed E-state index contributed by atoms with van der Waals surface area (Å²) < 4.78 is 40.3. The second-order valence-corrected chi connectivity index (χ2v) is 3.74. The molecular weight excluding hydrogens is 255 g/mol. The Morgan fingerprint density at radius 2 is 1.84 bits per heavy atom. The van der Waals surface area contributed by atoms with Gasteiger partial charge in [0.25, 0.3) is 0 Å². The van der Waals surface area contributed by atoms with Crippen molar-refractivity contribution in [3.63, 3.8) is 0 Å². The Bertz CT molecular complexity index is 704. The van der Waals surface area contributed by atoms with Crippen LogP contribution < -0.4 is 0 Å². The second-order valence-electron chi connectivity index (χ2n) is 3.74. The van der Waals surface area contributed by atoms with Crippen LogP contribution in [0.4, 0.5) is 13.2 Å². The molecule has 2 nitrogen and oxygen atoms in total. The zero-order valence-corrected chi connectivity index (χ0v) is 9.45. The highest BCUT2D eigenvalue weighted by Gasteiger charge is 2.21. The number of hydrogen-bond acceptors (Lipinski definition) is 2. The Balaban J connectivity index is 2.60. The Hall–Kier alpha value is -2.61. The maximum atomic E-state index is 13.8. The zero-order valence-electron chi connectivity index (χ0n) is 9.45. The third-order valence-electron chi connectivity index (χ3n) is 2.53. The fourth-order valence-corrected chi connectivity index (χ4v) is 1.62. The summed E-state index contributed by atoms with van der Waals surface area (Å²) in [5.41, 5.74) is -1.49. The van der Waals surface area contributed by atoms with Crippen LogP contribution in [0.1, 0.15) is 21.5 Å². The van der Waals surface area contributed by atoms with E-state index in [1.165, 1.54) is 18.2 Å². The molecule has 19 heavy (non-hydrogen) atoms. The van der Waals surface area contributed by atoms with Gasteiger partial charge in [0.15, 0.2) is 11.6 Å². The molecule has 0 aliphatic rings. The van der Waals surface area contributed by atoms with Crippen molar-refractivity contribution in [3.8, 4) is 6.07 Å². The smallest absolute Gasteiger partial charge is 0.199 e. The molecule has 0 saturated carbocycles. The Morgan fingerprint density at radius 3 is 2.47 bits per heavy atom. The predicted molar refractivity (Wildman–Crippen MR) is 60.9 cm³/mol. The lowest BCUT2D eigenvalue weighted by molar-refractivity contribution is 0.103. The van der Waals surface area contributed by atoms with Gasteiger partial charge in [-0.3, -0.25) is 4.79 Å². The first kappa shape index (κ1) is 12.8. The summed E-state index contributed by atoms with van der Waals surface area (Å²) >= 11 is 0. The van der Waals surface area contributed by atoms with E-state index in [-0.39, 0.29) is 5.56 Å². The van der Waals surface area contributed by atoms with Gasteiger partial charge in [0.05, 0.1) is 11.1 Å². The molecule has 0 saturated heterocycles. The quantitative estimate of drug-likeness (QED) is 0.779. The molecule has 0 aliphatic heterocycles. The fraction of sp³-hybridized carbons (Fsp3) is 0. The number of nitrogens with zero attached hydrogens (tertiary/aromatic N) is 1. The van der Waals surface area contributed by atoms with Crippen molar-refractivity contribution in [1.29, 1.82) is 5.26 Å². The second kappa shape index (κ2) is 4.94. The van der Waals surface area contributed by atoms with Gasteiger partial charge in [-0.2, -0.15) is 5.26 Å². The molecule has 0 atom stereocenters. The van der Waals surface area contributed by atoms with Gasteiger partial charge in [-0.25, -0.2) is 13.2 Å². The van der Waals surface area contributed by atoms with E-state index in [1.807, 2.05) is 0 Å². The number of halogens is 3. The van der Waals surface area contributed by atoms with Crippen LogP contribution in [0, 0.1) is 28.8 Å². The average Bonchev–Trinajstić information content (AvgIpc) is 2.39. The predicted octanol–water partition coefficient (Wildman–Crippen LogP) is 3.21. The first-order valence-corrected chi connectivity index (χ1v) is 5.23. The van der Waals surface area contributed by atoms with Crippen LogP contribution in [-0.4, -0.2) is 5.78 Å². The molecule has 5 heteroatoms. The molecule has 2 aromatic carbocycles. The van der Waals surface area contributed by atoms with Crippen molar-refractivity contribution in [2.75, 3.05) is 0 Å². The molecule has 0 bridgehead atoms. The van der Waals surface area contributed by atoms with Gasteiger partial charge in [0.1, 0.15) is 17.7 Å². The summed E-state index contributed by atoms with van der Waals surface area (Å²) in [6.45, 7) is 0. The van der Waals surface area contributed by atoms with Crippen LogP contribution >= 0.6 is 0 Å². The van der Waals surface area contributed by atoms with Crippen molar-refractivity contribution in [1.82, 2.24) is 0 Å². The lowest BCUT2D eigenvalue weighted by atomic mass is 10.00. The van der Waals surface area contributed by atoms with Crippen LogP contribution in [0.15, 0.2) is 36.4 Å². The molecule has 0 spiro atoms. The molecule has 0 heterocycles. The van der Waals surface area contributed by atoms with Gasteiger partial charge in [0, 0.05) is 5.56 Å². The molecule has 0 fully saturated rings. The minimum atomic E-state index is -1.24. The molecule has 0 amide bonds. The largest absolute Gasteiger partial charge is 0.288 e. The summed E-state index contributed by atoms with van der Waals surface area (Å²) in [6, 6.07) is 7.76. The van der Waals surface area contributed by atoms with E-state index in [4.69, 9.17) is 5.26 Å². The molecule has 2 aromatic rings. The Morgan fingerprint density at radius 1 is 1.11 bits per heavy atom. The average molecular weight is 261 g/mol. The van der Waals surface area contributed by atoms with Crippen LogP contribution in [-0.2, 0) is 0 Å². The van der Waals surface area contributed by atoms with Gasteiger partial charge in [-0.1, -0.05) is 12.1 Å². The fourth-order valence-electron chi connectivity index (χ4n) is 1.62. The molecule has 94 valence electrons. The summed E-state index contributed by atoms with van der Waals surface area (Å²) in [7, 11) is 0. The first-order chi connectivity index (χ1) is 9.04. The van der Waals surface area contributed by atoms with Crippen LogP contribution in [0.3, 0.4) is 0 Å². The van der Waals surface area contributed by atoms with Crippen molar-refractivity contribution in [3.05, 3.63) is 70.5 Å². The standard InChI is InChI=1S/C14H6F3NO/c15-10-3-1-2-8(6-10)14(19)12-11(16)5-4-9(7-18)13(12)17/h1-6H. The minimum Gasteiger partial charge on any atom is -0.288 e. The van der Waals surface area contributed by atoms with E-state index in [2.05, 4.69) is 0 Å². The molecule has 0 N–H and O–H groups in total.